The number of nitrogens with one attached hydrogen (secondary N) is 1. The van der Waals surface area contributed by atoms with Gasteiger partial charge in [-0.05, 0) is 37.6 Å². The van der Waals surface area contributed by atoms with E-state index in [9.17, 15) is 8.42 Å². The number of hydrogen-bond donors (Lipinski definition) is 2. The van der Waals surface area contributed by atoms with Crippen molar-refractivity contribution in [3.05, 3.63) is 29.8 Å². The largest absolute Gasteiger partial charge is 0.317 e. The lowest BCUT2D eigenvalue weighted by molar-refractivity contribution is 0.330. The molecule has 7 heteroatoms. The monoisotopic (exact) mass is 303 g/mol. The Balaban J connectivity index is 0.00000133. The van der Waals surface area contributed by atoms with Gasteiger partial charge >= 0.3 is 0 Å². The highest BCUT2D eigenvalue weighted by molar-refractivity contribution is 7.90. The summed E-state index contributed by atoms with van der Waals surface area (Å²) in [4.78, 5) is 0. The highest BCUT2D eigenvalue weighted by Crippen LogP contribution is 2.46. The number of piperidine rings is 1. The molecule has 1 saturated heterocycles. The molecule has 0 bridgehead atoms. The van der Waals surface area contributed by atoms with E-state index in [0.29, 0.717) is 6.54 Å². The summed E-state index contributed by atoms with van der Waals surface area (Å²) >= 11 is 0. The van der Waals surface area contributed by atoms with E-state index in [1.54, 1.807) is 0 Å². The fraction of sp³-hybridized carbons (Fsp3) is 0.500. The maximum absolute atomic E-state index is 11.7. The van der Waals surface area contributed by atoms with Crippen molar-refractivity contribution in [3.63, 3.8) is 0 Å². The van der Waals surface area contributed by atoms with Crippen LogP contribution in [-0.4, -0.2) is 28.1 Å². The fourth-order valence-electron chi connectivity index (χ4n) is 3.14. The molecule has 106 valence electrons. The third-order valence-corrected chi connectivity index (χ3v) is 5.00. The second-order valence-electron chi connectivity index (χ2n) is 5.10. The van der Waals surface area contributed by atoms with Crippen molar-refractivity contribution in [2.75, 3.05) is 23.9 Å². The maximum atomic E-state index is 11.7. The Morgan fingerprint density at radius 3 is 2.47 bits per heavy atom. The van der Waals surface area contributed by atoms with Crippen LogP contribution in [0.4, 0.5) is 5.69 Å². The van der Waals surface area contributed by atoms with E-state index < -0.39 is 10.2 Å². The average molecular weight is 304 g/mol. The van der Waals surface area contributed by atoms with Gasteiger partial charge < -0.3 is 5.32 Å². The van der Waals surface area contributed by atoms with Crippen molar-refractivity contribution in [1.29, 1.82) is 0 Å². The number of hydrogen-bond acceptors (Lipinski definition) is 3. The number of benzene rings is 1. The van der Waals surface area contributed by atoms with Crippen molar-refractivity contribution in [2.24, 2.45) is 5.14 Å². The van der Waals surface area contributed by atoms with Crippen LogP contribution >= 0.6 is 12.4 Å². The highest BCUT2D eigenvalue weighted by Gasteiger charge is 2.45. The van der Waals surface area contributed by atoms with Crippen molar-refractivity contribution in [2.45, 2.75) is 18.3 Å². The zero-order valence-electron chi connectivity index (χ0n) is 10.5. The second kappa shape index (κ2) is 4.94. The average Bonchev–Trinajstić information content (AvgIpc) is 2.66. The van der Waals surface area contributed by atoms with Gasteiger partial charge in [0.25, 0.3) is 10.2 Å². The molecule has 0 unspecified atom stereocenters. The number of fused-ring (bicyclic) bond motifs is 2. The first-order chi connectivity index (χ1) is 8.53. The quantitative estimate of drug-likeness (QED) is 0.804. The lowest BCUT2D eigenvalue weighted by atomic mass is 9.75. The molecule has 1 spiro atoms. The van der Waals surface area contributed by atoms with Crippen LogP contribution in [0.3, 0.4) is 0 Å². The third kappa shape index (κ3) is 2.33. The molecule has 5 nitrogen and oxygen atoms in total. The van der Waals surface area contributed by atoms with Gasteiger partial charge in [0.15, 0.2) is 0 Å². The Labute approximate surface area is 119 Å². The molecule has 0 radical (unpaired) electrons. The first kappa shape index (κ1) is 14.6. The van der Waals surface area contributed by atoms with E-state index in [2.05, 4.69) is 5.32 Å². The predicted molar refractivity (Wildman–Crippen MR) is 77.9 cm³/mol. The van der Waals surface area contributed by atoms with Crippen molar-refractivity contribution >= 4 is 28.3 Å². The molecule has 2 heterocycles. The summed E-state index contributed by atoms with van der Waals surface area (Å²) in [6.45, 7) is 2.33. The smallest absolute Gasteiger partial charge is 0.299 e. The first-order valence-corrected chi connectivity index (χ1v) is 7.64. The molecule has 1 fully saturated rings. The summed E-state index contributed by atoms with van der Waals surface area (Å²) in [5.41, 5.74) is 1.82. The van der Waals surface area contributed by atoms with Gasteiger partial charge in [0.1, 0.15) is 0 Å². The number of halogens is 1. The van der Waals surface area contributed by atoms with Crippen LogP contribution in [0.2, 0.25) is 0 Å². The minimum Gasteiger partial charge on any atom is -0.317 e. The molecule has 2 aliphatic rings. The van der Waals surface area contributed by atoms with Gasteiger partial charge in [-0.1, -0.05) is 18.2 Å². The van der Waals surface area contributed by atoms with E-state index in [0.717, 1.165) is 37.2 Å². The number of anilines is 1. The van der Waals surface area contributed by atoms with Crippen LogP contribution < -0.4 is 14.8 Å². The van der Waals surface area contributed by atoms with E-state index in [1.807, 2.05) is 24.3 Å². The van der Waals surface area contributed by atoms with Crippen LogP contribution in [0.15, 0.2) is 24.3 Å². The lowest BCUT2D eigenvalue weighted by Crippen LogP contribution is -2.45. The zero-order chi connectivity index (χ0) is 12.8. The standard InChI is InChI=1S/C12H17N3O2S.ClH/c13-18(16,17)15-9-12(5-7-14-8-6-12)10-3-1-2-4-11(10)15;/h1-4,14H,5-9H2,(H2,13,16,17);1H. The van der Waals surface area contributed by atoms with E-state index in [-0.39, 0.29) is 17.8 Å². The summed E-state index contributed by atoms with van der Waals surface area (Å²) in [7, 11) is -3.68. The Hall–Kier alpha value is -0.820. The molecule has 0 aliphatic carbocycles. The molecule has 2 aliphatic heterocycles. The second-order valence-corrected chi connectivity index (χ2v) is 6.57. The number of rotatable bonds is 1. The first-order valence-electron chi connectivity index (χ1n) is 6.14. The van der Waals surface area contributed by atoms with Gasteiger partial charge in [0, 0.05) is 12.0 Å². The van der Waals surface area contributed by atoms with Crippen molar-refractivity contribution < 1.29 is 8.42 Å². The number of para-hydroxylation sites is 1. The van der Waals surface area contributed by atoms with Gasteiger partial charge in [-0.3, -0.25) is 4.31 Å². The minimum absolute atomic E-state index is 0. The van der Waals surface area contributed by atoms with E-state index >= 15 is 0 Å². The van der Waals surface area contributed by atoms with Gasteiger partial charge in [0.2, 0.25) is 0 Å². The Morgan fingerprint density at radius 1 is 1.21 bits per heavy atom. The zero-order valence-corrected chi connectivity index (χ0v) is 12.1. The van der Waals surface area contributed by atoms with Crippen LogP contribution in [0.1, 0.15) is 18.4 Å². The summed E-state index contributed by atoms with van der Waals surface area (Å²) in [6, 6.07) is 7.70. The van der Waals surface area contributed by atoms with Gasteiger partial charge in [0.05, 0.1) is 5.69 Å². The molecule has 3 N–H and O–H groups in total. The summed E-state index contributed by atoms with van der Waals surface area (Å²) in [5, 5.41) is 8.65. The van der Waals surface area contributed by atoms with Crippen LogP contribution in [0.25, 0.3) is 0 Å². The molecule has 3 rings (SSSR count). The number of nitrogens with two attached hydrogens (primary N) is 1. The topological polar surface area (TPSA) is 75.4 Å². The molecule has 0 aromatic heterocycles. The van der Waals surface area contributed by atoms with E-state index in [4.69, 9.17) is 5.14 Å². The number of nitrogens with zero attached hydrogens (tertiary/aromatic N) is 1. The predicted octanol–water partition coefficient (Wildman–Crippen LogP) is 0.753. The lowest BCUT2D eigenvalue weighted by Gasteiger charge is -2.34. The fourth-order valence-corrected chi connectivity index (χ4v) is 4.01. The maximum Gasteiger partial charge on any atom is 0.299 e. The Morgan fingerprint density at radius 2 is 1.84 bits per heavy atom. The summed E-state index contributed by atoms with van der Waals surface area (Å²) in [5.74, 6) is 0. The molecule has 1 aromatic rings. The molecule has 0 atom stereocenters. The van der Waals surface area contributed by atoms with Gasteiger partial charge in [-0.2, -0.15) is 8.42 Å². The van der Waals surface area contributed by atoms with Crippen LogP contribution in [0, 0.1) is 0 Å². The van der Waals surface area contributed by atoms with Gasteiger partial charge in [-0.25, -0.2) is 5.14 Å². The molecule has 19 heavy (non-hydrogen) atoms. The third-order valence-electron chi connectivity index (χ3n) is 4.06. The Bertz CT molecular complexity index is 570. The minimum atomic E-state index is -3.68. The summed E-state index contributed by atoms with van der Waals surface area (Å²) in [6.07, 6.45) is 1.91. The Kier molecular flexibility index (Phi) is 3.79. The van der Waals surface area contributed by atoms with Crippen LogP contribution in [0.5, 0.6) is 0 Å². The summed E-state index contributed by atoms with van der Waals surface area (Å²) < 4.78 is 24.8. The van der Waals surface area contributed by atoms with Gasteiger partial charge in [-0.15, -0.1) is 12.4 Å². The molecular weight excluding hydrogens is 286 g/mol. The normalized spacial score (nSPS) is 21.0. The van der Waals surface area contributed by atoms with Crippen LogP contribution in [-0.2, 0) is 15.6 Å². The molecular formula is C12H18ClN3O2S. The molecule has 0 saturated carbocycles. The SMILES string of the molecule is Cl.NS(=O)(=O)N1CC2(CCNCC2)c2ccccc21. The van der Waals surface area contributed by atoms with E-state index in [1.165, 1.54) is 4.31 Å². The van der Waals surface area contributed by atoms with Crippen molar-refractivity contribution in [1.82, 2.24) is 5.32 Å². The highest BCUT2D eigenvalue weighted by atomic mass is 35.5. The van der Waals surface area contributed by atoms with Crippen molar-refractivity contribution in [3.8, 4) is 0 Å². The molecule has 0 amide bonds. The molecule has 1 aromatic carbocycles.